The SMILES string of the molecule is C1CO[C@H](CN2CCC(CCCN3CCCC3)CC2)C1. The van der Waals surface area contributed by atoms with Gasteiger partial charge in [-0.15, -0.1) is 0 Å². The summed E-state index contributed by atoms with van der Waals surface area (Å²) in [6.45, 7) is 8.90. The molecule has 116 valence electrons. The van der Waals surface area contributed by atoms with Crippen LogP contribution in [0.1, 0.15) is 51.4 Å². The Bertz CT molecular complexity index is 264. The fraction of sp³-hybridized carbons (Fsp3) is 1.00. The Morgan fingerprint density at radius 3 is 2.35 bits per heavy atom. The van der Waals surface area contributed by atoms with Crippen molar-refractivity contribution in [3.05, 3.63) is 0 Å². The van der Waals surface area contributed by atoms with Gasteiger partial charge in [0.15, 0.2) is 0 Å². The predicted octanol–water partition coefficient (Wildman–Crippen LogP) is 2.75. The molecule has 3 rings (SSSR count). The molecule has 3 saturated heterocycles. The Balaban J connectivity index is 1.26. The third-order valence-electron chi connectivity index (χ3n) is 5.48. The molecule has 1 atom stereocenters. The molecular formula is C17H32N2O. The van der Waals surface area contributed by atoms with E-state index < -0.39 is 0 Å². The molecule has 3 fully saturated rings. The highest BCUT2D eigenvalue weighted by molar-refractivity contribution is 4.77. The first-order chi connectivity index (χ1) is 9.90. The van der Waals surface area contributed by atoms with Gasteiger partial charge in [-0.2, -0.15) is 0 Å². The minimum absolute atomic E-state index is 0.543. The third kappa shape index (κ3) is 4.44. The Kier molecular flexibility index (Phi) is 5.75. The minimum atomic E-state index is 0.543. The summed E-state index contributed by atoms with van der Waals surface area (Å²) in [6.07, 6.45) is 11.7. The van der Waals surface area contributed by atoms with E-state index in [1.165, 1.54) is 90.6 Å². The summed E-state index contributed by atoms with van der Waals surface area (Å²) >= 11 is 0. The molecular weight excluding hydrogens is 248 g/mol. The van der Waals surface area contributed by atoms with Crippen molar-refractivity contribution in [3.63, 3.8) is 0 Å². The van der Waals surface area contributed by atoms with E-state index in [1.54, 1.807) is 0 Å². The van der Waals surface area contributed by atoms with Crippen LogP contribution in [0.2, 0.25) is 0 Å². The predicted molar refractivity (Wildman–Crippen MR) is 83.0 cm³/mol. The average molecular weight is 280 g/mol. The van der Waals surface area contributed by atoms with Gasteiger partial charge in [-0.1, -0.05) is 0 Å². The second-order valence-corrected chi connectivity index (χ2v) is 7.07. The number of ether oxygens (including phenoxy) is 1. The molecule has 0 amide bonds. The Hall–Kier alpha value is -0.120. The van der Waals surface area contributed by atoms with Crippen molar-refractivity contribution in [2.75, 3.05) is 45.9 Å². The summed E-state index contributed by atoms with van der Waals surface area (Å²) in [6, 6.07) is 0. The smallest absolute Gasteiger partial charge is 0.0702 e. The molecule has 3 nitrogen and oxygen atoms in total. The lowest BCUT2D eigenvalue weighted by atomic mass is 9.92. The molecule has 0 spiro atoms. The van der Waals surface area contributed by atoms with Gasteiger partial charge in [0.1, 0.15) is 0 Å². The lowest BCUT2D eigenvalue weighted by Gasteiger charge is -2.33. The van der Waals surface area contributed by atoms with Crippen LogP contribution < -0.4 is 0 Å². The fourth-order valence-electron chi connectivity index (χ4n) is 4.14. The van der Waals surface area contributed by atoms with Crippen LogP contribution in [0.5, 0.6) is 0 Å². The van der Waals surface area contributed by atoms with Crippen molar-refractivity contribution in [2.45, 2.75) is 57.5 Å². The van der Waals surface area contributed by atoms with Crippen molar-refractivity contribution in [2.24, 2.45) is 5.92 Å². The number of rotatable bonds is 6. The standard InChI is InChI=1S/C17H32N2O/c1-2-10-18(9-1)11-3-5-16-7-12-19(13-8-16)15-17-6-4-14-20-17/h16-17H,1-15H2/t17-/m0/s1. The Morgan fingerprint density at radius 1 is 0.850 bits per heavy atom. The molecule has 0 aliphatic carbocycles. The van der Waals surface area contributed by atoms with Crippen LogP contribution >= 0.6 is 0 Å². The van der Waals surface area contributed by atoms with Gasteiger partial charge in [-0.3, -0.25) is 0 Å². The summed E-state index contributed by atoms with van der Waals surface area (Å²) in [4.78, 5) is 5.31. The number of likely N-dealkylation sites (tertiary alicyclic amines) is 2. The second-order valence-electron chi connectivity index (χ2n) is 7.07. The lowest BCUT2D eigenvalue weighted by molar-refractivity contribution is 0.0588. The summed E-state index contributed by atoms with van der Waals surface area (Å²) < 4.78 is 5.76. The van der Waals surface area contributed by atoms with Gasteiger partial charge >= 0.3 is 0 Å². The Morgan fingerprint density at radius 2 is 1.65 bits per heavy atom. The van der Waals surface area contributed by atoms with Crippen LogP contribution in [0.15, 0.2) is 0 Å². The lowest BCUT2D eigenvalue weighted by Crippen LogP contribution is -2.38. The monoisotopic (exact) mass is 280 g/mol. The molecule has 0 unspecified atom stereocenters. The first-order valence-electron chi connectivity index (χ1n) is 8.96. The van der Waals surface area contributed by atoms with E-state index in [9.17, 15) is 0 Å². The van der Waals surface area contributed by atoms with Crippen molar-refractivity contribution in [1.29, 1.82) is 0 Å². The fourth-order valence-corrected chi connectivity index (χ4v) is 4.14. The maximum absolute atomic E-state index is 5.76. The number of nitrogens with zero attached hydrogens (tertiary/aromatic N) is 2. The molecule has 0 aromatic heterocycles. The molecule has 20 heavy (non-hydrogen) atoms. The van der Waals surface area contributed by atoms with E-state index in [1.807, 2.05) is 0 Å². The molecule has 0 radical (unpaired) electrons. The van der Waals surface area contributed by atoms with Gasteiger partial charge < -0.3 is 14.5 Å². The average Bonchev–Trinajstić information content (AvgIpc) is 3.14. The molecule has 3 heteroatoms. The van der Waals surface area contributed by atoms with Crippen LogP contribution in [-0.4, -0.2) is 61.8 Å². The normalized spacial score (nSPS) is 30.3. The molecule has 0 N–H and O–H groups in total. The van der Waals surface area contributed by atoms with Crippen molar-refractivity contribution in [3.8, 4) is 0 Å². The highest BCUT2D eigenvalue weighted by Gasteiger charge is 2.23. The van der Waals surface area contributed by atoms with Crippen LogP contribution in [-0.2, 0) is 4.74 Å². The number of hydrogen-bond donors (Lipinski definition) is 0. The zero-order valence-electron chi connectivity index (χ0n) is 13.1. The molecule has 0 aromatic carbocycles. The highest BCUT2D eigenvalue weighted by Crippen LogP contribution is 2.24. The molecule has 0 saturated carbocycles. The van der Waals surface area contributed by atoms with Gasteiger partial charge in [0.05, 0.1) is 6.10 Å². The molecule has 3 heterocycles. The topological polar surface area (TPSA) is 15.7 Å². The quantitative estimate of drug-likeness (QED) is 0.744. The van der Waals surface area contributed by atoms with Crippen LogP contribution in [0, 0.1) is 5.92 Å². The summed E-state index contributed by atoms with van der Waals surface area (Å²) in [5.74, 6) is 0.998. The van der Waals surface area contributed by atoms with E-state index >= 15 is 0 Å². The first kappa shape index (κ1) is 14.8. The van der Waals surface area contributed by atoms with Gasteiger partial charge in [0.25, 0.3) is 0 Å². The van der Waals surface area contributed by atoms with E-state index in [0.717, 1.165) is 12.5 Å². The molecule has 0 aromatic rings. The van der Waals surface area contributed by atoms with Gasteiger partial charge in [-0.05, 0) is 90.0 Å². The maximum atomic E-state index is 5.76. The first-order valence-corrected chi connectivity index (χ1v) is 8.96. The second kappa shape index (κ2) is 7.77. The highest BCUT2D eigenvalue weighted by atomic mass is 16.5. The Labute approximate surface area is 124 Å². The zero-order valence-corrected chi connectivity index (χ0v) is 13.1. The van der Waals surface area contributed by atoms with Crippen molar-refractivity contribution in [1.82, 2.24) is 9.80 Å². The molecule has 3 aliphatic rings. The van der Waals surface area contributed by atoms with E-state index in [4.69, 9.17) is 4.74 Å². The van der Waals surface area contributed by atoms with Crippen LogP contribution in [0.4, 0.5) is 0 Å². The molecule has 3 aliphatic heterocycles. The summed E-state index contributed by atoms with van der Waals surface area (Å²) in [5, 5.41) is 0. The van der Waals surface area contributed by atoms with E-state index in [2.05, 4.69) is 9.80 Å². The van der Waals surface area contributed by atoms with Crippen molar-refractivity contribution < 1.29 is 4.74 Å². The maximum Gasteiger partial charge on any atom is 0.0702 e. The van der Waals surface area contributed by atoms with Gasteiger partial charge in [0, 0.05) is 13.2 Å². The number of piperidine rings is 1. The van der Waals surface area contributed by atoms with Gasteiger partial charge in [-0.25, -0.2) is 0 Å². The van der Waals surface area contributed by atoms with E-state index in [-0.39, 0.29) is 0 Å². The van der Waals surface area contributed by atoms with Crippen molar-refractivity contribution >= 4 is 0 Å². The largest absolute Gasteiger partial charge is 0.377 e. The summed E-state index contributed by atoms with van der Waals surface area (Å²) in [5.41, 5.74) is 0. The number of hydrogen-bond acceptors (Lipinski definition) is 3. The third-order valence-corrected chi connectivity index (χ3v) is 5.48. The van der Waals surface area contributed by atoms with Crippen LogP contribution in [0.25, 0.3) is 0 Å². The zero-order chi connectivity index (χ0) is 13.6. The summed E-state index contributed by atoms with van der Waals surface area (Å²) in [7, 11) is 0. The van der Waals surface area contributed by atoms with E-state index in [0.29, 0.717) is 6.10 Å². The van der Waals surface area contributed by atoms with Gasteiger partial charge in [0.2, 0.25) is 0 Å². The minimum Gasteiger partial charge on any atom is -0.377 e. The van der Waals surface area contributed by atoms with Crippen LogP contribution in [0.3, 0.4) is 0 Å². The molecule has 0 bridgehead atoms.